The molecule has 1 nitrogen and oxygen atoms in total. The van der Waals surface area contributed by atoms with E-state index in [0.717, 1.165) is 12.1 Å². The van der Waals surface area contributed by atoms with E-state index in [9.17, 15) is 17.4 Å². The Kier molecular flexibility index (Phi) is 2.42. The van der Waals surface area contributed by atoms with Crippen LogP contribution in [0.15, 0.2) is 29.2 Å². The van der Waals surface area contributed by atoms with Gasteiger partial charge in [-0.2, -0.15) is 13.2 Å². The van der Waals surface area contributed by atoms with E-state index >= 15 is 0 Å². The maximum atomic E-state index is 12.0. The summed E-state index contributed by atoms with van der Waals surface area (Å²) >= 11 is 0.0491. The lowest BCUT2D eigenvalue weighted by atomic mass is 10.2. The van der Waals surface area contributed by atoms with Crippen LogP contribution in [0.5, 0.6) is 0 Å². The standard InChI is InChI=1S/C7H4F3OS/c8-7(9,10)5-2-1-3-6(4-5)12-11/h1-4H/q+1. The average molecular weight is 193 g/mol. The summed E-state index contributed by atoms with van der Waals surface area (Å²) in [5.74, 6) is 0. The summed E-state index contributed by atoms with van der Waals surface area (Å²) in [4.78, 5) is 0.0739. The Morgan fingerprint density at radius 1 is 1.25 bits per heavy atom. The largest absolute Gasteiger partial charge is 0.505 e. The molecule has 0 spiro atoms. The van der Waals surface area contributed by atoms with Gasteiger partial charge in [-0.05, 0) is 6.07 Å². The molecule has 0 radical (unpaired) electrons. The Balaban J connectivity index is 3.10. The zero-order valence-electron chi connectivity index (χ0n) is 5.76. The topological polar surface area (TPSA) is 17.1 Å². The highest BCUT2D eigenvalue weighted by atomic mass is 32.1. The van der Waals surface area contributed by atoms with Gasteiger partial charge in [0.25, 0.3) is 4.90 Å². The number of hydrogen-bond acceptors (Lipinski definition) is 1. The fourth-order valence-electron chi connectivity index (χ4n) is 0.724. The quantitative estimate of drug-likeness (QED) is 0.626. The highest BCUT2D eigenvalue weighted by molar-refractivity contribution is 7.65. The first-order valence-corrected chi connectivity index (χ1v) is 3.75. The van der Waals surface area contributed by atoms with Crippen molar-refractivity contribution in [1.29, 1.82) is 0 Å². The molecule has 0 aliphatic rings. The van der Waals surface area contributed by atoms with E-state index in [-0.39, 0.29) is 16.6 Å². The minimum Gasteiger partial charge on any atom is -0.166 e. The molecule has 0 N–H and O–H groups in total. The van der Waals surface area contributed by atoms with E-state index in [1.807, 2.05) is 0 Å². The van der Waals surface area contributed by atoms with E-state index in [1.165, 1.54) is 12.1 Å². The van der Waals surface area contributed by atoms with Gasteiger partial charge in [-0.15, -0.1) is 0 Å². The number of rotatable bonds is 1. The van der Waals surface area contributed by atoms with Crippen LogP contribution in [0.3, 0.4) is 0 Å². The van der Waals surface area contributed by atoms with Crippen molar-refractivity contribution in [3.05, 3.63) is 29.8 Å². The van der Waals surface area contributed by atoms with E-state index in [0.29, 0.717) is 0 Å². The van der Waals surface area contributed by atoms with E-state index < -0.39 is 11.7 Å². The second-order valence-corrected chi connectivity index (χ2v) is 2.75. The summed E-state index contributed by atoms with van der Waals surface area (Å²) in [7, 11) is 0. The molecule has 1 aromatic rings. The van der Waals surface area contributed by atoms with Crippen LogP contribution in [-0.2, 0) is 22.1 Å². The van der Waals surface area contributed by atoms with Crippen LogP contribution in [0.4, 0.5) is 13.2 Å². The molecule has 64 valence electrons. The van der Waals surface area contributed by atoms with E-state index in [1.54, 1.807) is 0 Å². The minimum atomic E-state index is -4.37. The van der Waals surface area contributed by atoms with Crippen molar-refractivity contribution >= 4 is 11.7 Å². The molecule has 0 aliphatic carbocycles. The zero-order chi connectivity index (χ0) is 9.19. The van der Waals surface area contributed by atoms with Crippen LogP contribution in [0.25, 0.3) is 0 Å². The fraction of sp³-hybridized carbons (Fsp3) is 0.143. The molecule has 0 fully saturated rings. The van der Waals surface area contributed by atoms with Crippen molar-refractivity contribution < 1.29 is 17.4 Å². The van der Waals surface area contributed by atoms with Crippen LogP contribution >= 0.6 is 0 Å². The normalized spacial score (nSPS) is 11.2. The van der Waals surface area contributed by atoms with Crippen molar-refractivity contribution in [1.82, 2.24) is 0 Å². The predicted octanol–water partition coefficient (Wildman–Crippen LogP) is 2.49. The molecule has 0 unspecified atom stereocenters. The third-order valence-corrected chi connectivity index (χ3v) is 1.70. The maximum absolute atomic E-state index is 12.0. The third-order valence-electron chi connectivity index (χ3n) is 1.26. The van der Waals surface area contributed by atoms with Gasteiger partial charge in [-0.25, -0.2) is 0 Å². The van der Waals surface area contributed by atoms with Crippen molar-refractivity contribution in [3.8, 4) is 0 Å². The molecule has 0 aliphatic heterocycles. The van der Waals surface area contributed by atoms with Crippen molar-refractivity contribution in [2.45, 2.75) is 11.1 Å². The van der Waals surface area contributed by atoms with E-state index in [2.05, 4.69) is 0 Å². The fourth-order valence-corrected chi connectivity index (χ4v) is 1.03. The van der Waals surface area contributed by atoms with Gasteiger partial charge in [0, 0.05) is 16.3 Å². The van der Waals surface area contributed by atoms with Crippen molar-refractivity contribution in [3.63, 3.8) is 0 Å². The molecule has 1 rings (SSSR count). The van der Waals surface area contributed by atoms with Gasteiger partial charge in [0.1, 0.15) is 0 Å². The monoisotopic (exact) mass is 193 g/mol. The zero-order valence-corrected chi connectivity index (χ0v) is 6.58. The molecule has 0 saturated carbocycles. The van der Waals surface area contributed by atoms with Gasteiger partial charge in [-0.1, -0.05) is 6.07 Å². The molecule has 12 heavy (non-hydrogen) atoms. The van der Waals surface area contributed by atoms with Gasteiger partial charge in [0.05, 0.1) is 5.56 Å². The van der Waals surface area contributed by atoms with Crippen LogP contribution in [0.2, 0.25) is 0 Å². The summed E-state index contributed by atoms with van der Waals surface area (Å²) in [5.41, 5.74) is -0.789. The Morgan fingerprint density at radius 2 is 1.92 bits per heavy atom. The van der Waals surface area contributed by atoms with Crippen LogP contribution in [0, 0.1) is 0 Å². The summed E-state index contributed by atoms with van der Waals surface area (Å²) in [5, 5.41) is 0. The summed E-state index contributed by atoms with van der Waals surface area (Å²) in [6, 6.07) is 4.31. The maximum Gasteiger partial charge on any atom is 0.505 e. The summed E-state index contributed by atoms with van der Waals surface area (Å²) in [6.07, 6.45) is -4.37. The number of hydrogen-bond donors (Lipinski definition) is 0. The van der Waals surface area contributed by atoms with Crippen LogP contribution in [0.1, 0.15) is 5.56 Å². The predicted molar refractivity (Wildman–Crippen MR) is 37.8 cm³/mol. The summed E-state index contributed by atoms with van der Waals surface area (Å²) in [6.45, 7) is 0. The van der Waals surface area contributed by atoms with Gasteiger partial charge in [-0.3, -0.25) is 0 Å². The molecule has 0 amide bonds. The second-order valence-electron chi connectivity index (χ2n) is 2.11. The molecule has 0 aromatic heterocycles. The number of alkyl halides is 3. The lowest BCUT2D eigenvalue weighted by Crippen LogP contribution is -2.04. The smallest absolute Gasteiger partial charge is 0.166 e. The second kappa shape index (κ2) is 3.18. The van der Waals surface area contributed by atoms with E-state index in [4.69, 9.17) is 0 Å². The molecule has 0 heterocycles. The lowest BCUT2D eigenvalue weighted by molar-refractivity contribution is -0.137. The molecular weight excluding hydrogens is 189 g/mol. The molecular formula is C7H4F3OS+. The van der Waals surface area contributed by atoms with Crippen LogP contribution < -0.4 is 0 Å². The summed E-state index contributed by atoms with van der Waals surface area (Å²) < 4.78 is 46.1. The first kappa shape index (κ1) is 9.12. The minimum absolute atomic E-state index is 0.0491. The first-order valence-electron chi connectivity index (χ1n) is 3.01. The Bertz CT molecular complexity index is 295. The lowest BCUT2D eigenvalue weighted by Gasteiger charge is -2.03. The highest BCUT2D eigenvalue weighted by Gasteiger charge is 2.31. The highest BCUT2D eigenvalue weighted by Crippen LogP contribution is 2.29. The van der Waals surface area contributed by atoms with Gasteiger partial charge >= 0.3 is 17.8 Å². The Morgan fingerprint density at radius 3 is 2.42 bits per heavy atom. The molecule has 0 atom stereocenters. The average Bonchev–Trinajstić information content (AvgIpc) is 2.03. The molecule has 0 bridgehead atoms. The van der Waals surface area contributed by atoms with Crippen molar-refractivity contribution in [2.75, 3.05) is 0 Å². The Labute approximate surface area is 70.7 Å². The van der Waals surface area contributed by atoms with Gasteiger partial charge < -0.3 is 0 Å². The van der Waals surface area contributed by atoms with Gasteiger partial charge in [0.2, 0.25) is 0 Å². The molecule has 5 heteroatoms. The molecule has 0 saturated heterocycles. The molecule has 1 aromatic carbocycles. The number of halogens is 3. The number of benzene rings is 1. The SMILES string of the molecule is O=[S+]c1cccc(C(F)(F)F)c1. The Hall–Kier alpha value is -0.970. The van der Waals surface area contributed by atoms with Gasteiger partial charge in [0.15, 0.2) is 0 Å². The third kappa shape index (κ3) is 2.01. The van der Waals surface area contributed by atoms with Crippen LogP contribution in [-0.4, -0.2) is 0 Å². The first-order chi connectivity index (χ1) is 5.54. The van der Waals surface area contributed by atoms with Crippen molar-refractivity contribution in [2.24, 2.45) is 0 Å².